The third-order valence-electron chi connectivity index (χ3n) is 3.49. The molecule has 1 aliphatic rings. The molecular formula is C18H15NO2. The summed E-state index contributed by atoms with van der Waals surface area (Å²) in [5, 5.41) is 3.12. The van der Waals surface area contributed by atoms with E-state index in [1.54, 1.807) is 12.1 Å². The molecule has 104 valence electrons. The van der Waals surface area contributed by atoms with E-state index in [4.69, 9.17) is 0 Å². The maximum absolute atomic E-state index is 12.5. The highest BCUT2D eigenvalue weighted by molar-refractivity contribution is 6.14. The Kier molecular flexibility index (Phi) is 3.40. The molecule has 0 amide bonds. The van der Waals surface area contributed by atoms with Crippen LogP contribution in [0.2, 0.25) is 0 Å². The van der Waals surface area contributed by atoms with Gasteiger partial charge in [0.25, 0.3) is 0 Å². The number of ketones is 2. The van der Waals surface area contributed by atoms with Crippen molar-refractivity contribution in [2.24, 2.45) is 0 Å². The fourth-order valence-corrected chi connectivity index (χ4v) is 2.41. The average Bonchev–Trinajstić information content (AvgIpc) is 2.65. The van der Waals surface area contributed by atoms with Crippen LogP contribution in [0.5, 0.6) is 0 Å². The molecular weight excluding hydrogens is 262 g/mol. The lowest BCUT2D eigenvalue weighted by Gasteiger charge is -2.11. The normalized spacial score (nSPS) is 13.8. The summed E-state index contributed by atoms with van der Waals surface area (Å²) in [6.45, 7) is 1.98. The Balaban J connectivity index is 1.99. The summed E-state index contributed by atoms with van der Waals surface area (Å²) in [5.41, 5.74) is 3.73. The Morgan fingerprint density at radius 1 is 1.10 bits per heavy atom. The molecule has 0 aliphatic carbocycles. The summed E-state index contributed by atoms with van der Waals surface area (Å²) in [5.74, 6) is -0.234. The highest BCUT2D eigenvalue weighted by Gasteiger charge is 2.19. The fourth-order valence-electron chi connectivity index (χ4n) is 2.41. The van der Waals surface area contributed by atoms with Crippen molar-refractivity contribution in [3.63, 3.8) is 0 Å². The molecule has 3 nitrogen and oxygen atoms in total. The maximum atomic E-state index is 12.5. The molecule has 0 spiro atoms. The molecule has 0 radical (unpaired) electrons. The summed E-state index contributed by atoms with van der Waals surface area (Å²) in [4.78, 5) is 24.5. The monoisotopic (exact) mass is 277 g/mol. The zero-order chi connectivity index (χ0) is 14.8. The zero-order valence-corrected chi connectivity index (χ0v) is 11.7. The van der Waals surface area contributed by atoms with E-state index >= 15 is 0 Å². The number of aryl methyl sites for hydroxylation is 1. The van der Waals surface area contributed by atoms with E-state index < -0.39 is 0 Å². The third-order valence-corrected chi connectivity index (χ3v) is 3.49. The van der Waals surface area contributed by atoms with Crippen LogP contribution >= 0.6 is 0 Å². The Hall–Kier alpha value is -2.68. The molecule has 1 N–H and O–H groups in total. The molecule has 0 bridgehead atoms. The maximum Gasteiger partial charge on any atom is 0.209 e. The van der Waals surface area contributed by atoms with Gasteiger partial charge in [-0.1, -0.05) is 42.5 Å². The highest BCUT2D eigenvalue weighted by Crippen LogP contribution is 2.24. The van der Waals surface area contributed by atoms with Gasteiger partial charge in [-0.25, -0.2) is 0 Å². The van der Waals surface area contributed by atoms with E-state index in [1.165, 1.54) is 6.08 Å². The van der Waals surface area contributed by atoms with Gasteiger partial charge >= 0.3 is 0 Å². The second-order valence-electron chi connectivity index (χ2n) is 5.18. The van der Waals surface area contributed by atoms with Gasteiger partial charge in [-0.2, -0.15) is 0 Å². The molecule has 0 unspecified atom stereocenters. The van der Waals surface area contributed by atoms with Crippen LogP contribution in [0.25, 0.3) is 0 Å². The van der Waals surface area contributed by atoms with Crippen molar-refractivity contribution in [2.45, 2.75) is 13.3 Å². The van der Waals surface area contributed by atoms with Crippen LogP contribution in [0.3, 0.4) is 0 Å². The van der Waals surface area contributed by atoms with Gasteiger partial charge in [-0.3, -0.25) is 9.59 Å². The number of allylic oxidation sites excluding steroid dienone is 2. The number of hydrogen-bond donors (Lipinski definition) is 1. The molecule has 1 heterocycles. The lowest BCUT2D eigenvalue weighted by molar-refractivity contribution is -0.114. The SMILES string of the molecule is Cc1ccc2c(c1)NC(C(=O)c1ccccc1)=CC(=O)C2. The second kappa shape index (κ2) is 5.37. The number of nitrogens with one attached hydrogen (secondary N) is 1. The van der Waals surface area contributed by atoms with E-state index in [1.807, 2.05) is 43.3 Å². The summed E-state index contributed by atoms with van der Waals surface area (Å²) < 4.78 is 0. The first-order valence-electron chi connectivity index (χ1n) is 6.84. The number of carbonyl (C=O) groups is 2. The number of carbonyl (C=O) groups excluding carboxylic acids is 2. The summed E-state index contributed by atoms with van der Waals surface area (Å²) >= 11 is 0. The third kappa shape index (κ3) is 2.77. The molecule has 3 rings (SSSR count). The van der Waals surface area contributed by atoms with Crippen LogP contribution < -0.4 is 5.32 Å². The number of hydrogen-bond acceptors (Lipinski definition) is 3. The van der Waals surface area contributed by atoms with Crippen LogP contribution in [0.1, 0.15) is 21.5 Å². The van der Waals surface area contributed by atoms with Gasteiger partial charge in [0.05, 0.1) is 5.70 Å². The summed E-state index contributed by atoms with van der Waals surface area (Å²) in [6, 6.07) is 14.8. The molecule has 0 saturated heterocycles. The van der Waals surface area contributed by atoms with E-state index in [-0.39, 0.29) is 11.6 Å². The minimum atomic E-state index is -0.168. The zero-order valence-electron chi connectivity index (χ0n) is 11.7. The lowest BCUT2D eigenvalue weighted by Crippen LogP contribution is -2.12. The van der Waals surface area contributed by atoms with Crippen molar-refractivity contribution in [1.29, 1.82) is 0 Å². The number of Topliss-reactive ketones (excluding diaryl/α,β-unsaturated/α-hetero) is 1. The first-order chi connectivity index (χ1) is 10.1. The number of rotatable bonds is 2. The molecule has 1 aliphatic heterocycles. The van der Waals surface area contributed by atoms with Crippen molar-refractivity contribution in [3.05, 3.63) is 77.0 Å². The topological polar surface area (TPSA) is 46.2 Å². The van der Waals surface area contributed by atoms with Crippen molar-refractivity contribution in [1.82, 2.24) is 0 Å². The predicted molar refractivity (Wildman–Crippen MR) is 82.4 cm³/mol. The largest absolute Gasteiger partial charge is 0.352 e. The average molecular weight is 277 g/mol. The molecule has 0 atom stereocenters. The van der Waals surface area contributed by atoms with Gasteiger partial charge in [0, 0.05) is 23.7 Å². The van der Waals surface area contributed by atoms with E-state index in [0.29, 0.717) is 17.7 Å². The van der Waals surface area contributed by atoms with Crippen LogP contribution in [0, 0.1) is 6.92 Å². The second-order valence-corrected chi connectivity index (χ2v) is 5.18. The Bertz CT molecular complexity index is 745. The molecule has 0 aromatic heterocycles. The number of anilines is 1. The van der Waals surface area contributed by atoms with Gasteiger partial charge in [0.1, 0.15) is 0 Å². The molecule has 0 saturated carbocycles. The van der Waals surface area contributed by atoms with Crippen LogP contribution in [0.4, 0.5) is 5.69 Å². The van der Waals surface area contributed by atoms with Crippen LogP contribution in [0.15, 0.2) is 60.3 Å². The van der Waals surface area contributed by atoms with Gasteiger partial charge < -0.3 is 5.32 Å². The quantitative estimate of drug-likeness (QED) is 0.857. The molecule has 3 heteroatoms. The van der Waals surface area contributed by atoms with Crippen LogP contribution in [-0.2, 0) is 11.2 Å². The fraction of sp³-hybridized carbons (Fsp3) is 0.111. The molecule has 21 heavy (non-hydrogen) atoms. The highest BCUT2D eigenvalue weighted by atomic mass is 16.1. The van der Waals surface area contributed by atoms with Gasteiger partial charge in [-0.15, -0.1) is 0 Å². The van der Waals surface area contributed by atoms with Crippen LogP contribution in [-0.4, -0.2) is 11.6 Å². The first-order valence-corrected chi connectivity index (χ1v) is 6.84. The predicted octanol–water partition coefficient (Wildman–Crippen LogP) is 3.30. The minimum Gasteiger partial charge on any atom is -0.352 e. The van der Waals surface area contributed by atoms with Crippen molar-refractivity contribution in [2.75, 3.05) is 5.32 Å². The number of benzene rings is 2. The Morgan fingerprint density at radius 3 is 2.62 bits per heavy atom. The smallest absolute Gasteiger partial charge is 0.209 e. The lowest BCUT2D eigenvalue weighted by atomic mass is 10.1. The molecule has 2 aromatic rings. The van der Waals surface area contributed by atoms with E-state index in [0.717, 1.165) is 16.8 Å². The number of fused-ring (bicyclic) bond motifs is 1. The summed E-state index contributed by atoms with van der Waals surface area (Å²) in [6.07, 6.45) is 1.72. The molecule has 0 fully saturated rings. The Morgan fingerprint density at radius 2 is 1.86 bits per heavy atom. The first kappa shape index (κ1) is 13.3. The van der Waals surface area contributed by atoms with Gasteiger partial charge in [-0.05, 0) is 24.1 Å². The van der Waals surface area contributed by atoms with E-state index in [2.05, 4.69) is 5.32 Å². The standard InChI is InChI=1S/C18H15NO2/c1-12-7-8-14-10-15(20)11-17(19-16(14)9-12)18(21)13-5-3-2-4-6-13/h2-9,11,19H,10H2,1H3. The van der Waals surface area contributed by atoms with Crippen molar-refractivity contribution < 1.29 is 9.59 Å². The van der Waals surface area contributed by atoms with Gasteiger partial charge in [0.15, 0.2) is 5.78 Å². The Labute approximate surface area is 123 Å². The minimum absolute atomic E-state index is 0.0654. The van der Waals surface area contributed by atoms with E-state index in [9.17, 15) is 9.59 Å². The van der Waals surface area contributed by atoms with Crippen molar-refractivity contribution >= 4 is 17.3 Å². The van der Waals surface area contributed by atoms with Gasteiger partial charge in [0.2, 0.25) is 5.78 Å². The molecule has 2 aromatic carbocycles. The summed E-state index contributed by atoms with van der Waals surface area (Å²) in [7, 11) is 0. The van der Waals surface area contributed by atoms with Crippen molar-refractivity contribution in [3.8, 4) is 0 Å².